The van der Waals surface area contributed by atoms with Gasteiger partial charge in [-0.25, -0.2) is 0 Å². The van der Waals surface area contributed by atoms with Crippen molar-refractivity contribution >= 4 is 17.5 Å². The number of carbonyl (C=O) groups is 2. The highest BCUT2D eigenvalue weighted by molar-refractivity contribution is 5.82. The number of aromatic hydroxyl groups is 1. The molecule has 2 aromatic carbocycles. The van der Waals surface area contributed by atoms with Crippen molar-refractivity contribution in [3.63, 3.8) is 0 Å². The monoisotopic (exact) mass is 551 g/mol. The van der Waals surface area contributed by atoms with Crippen LogP contribution in [0.25, 0.3) is 0 Å². The van der Waals surface area contributed by atoms with Gasteiger partial charge in [0.1, 0.15) is 5.75 Å². The van der Waals surface area contributed by atoms with Gasteiger partial charge in [0.25, 0.3) is 0 Å². The Morgan fingerprint density at radius 2 is 0.875 bits per heavy atom. The predicted molar refractivity (Wildman–Crippen MR) is 167 cm³/mol. The van der Waals surface area contributed by atoms with Crippen LogP contribution < -0.4 is 16.6 Å². The molecule has 222 valence electrons. The average Bonchev–Trinajstić information content (AvgIpc) is 2.78. The maximum Gasteiger partial charge on any atom is 0.238 e. The molecule has 0 aliphatic carbocycles. The molecular weight excluding hydrogens is 498 g/mol. The summed E-state index contributed by atoms with van der Waals surface area (Å²) < 4.78 is 0. The van der Waals surface area contributed by atoms with Crippen LogP contribution in [0.15, 0.2) is 24.3 Å². The molecule has 0 fully saturated rings. The molecule has 0 spiro atoms. The first-order chi connectivity index (χ1) is 18.0. The molecule has 2 rings (SSSR count). The number of aryl methyl sites for hydroxylation is 2. The van der Waals surface area contributed by atoms with Crippen LogP contribution >= 0.6 is 0 Å². The average molecular weight is 552 g/mol. The standard InChI is InChI=1S/C34H53N3O3/c1-31(2,3)23-17-21(18-24(29(23)35)32(4,5)6)13-15-27(38)36-37-28(39)16-14-22-19-25(33(7,8)9)30(40)26(20-22)34(10,11)12/h17-20,40H,13-16,35H2,1-12H3,(H,36,38)(H,37,39). The molecule has 2 amide bonds. The van der Waals surface area contributed by atoms with Gasteiger partial charge in [0.15, 0.2) is 0 Å². The van der Waals surface area contributed by atoms with Crippen molar-refractivity contribution in [3.05, 3.63) is 57.6 Å². The Morgan fingerprint density at radius 1 is 0.600 bits per heavy atom. The second kappa shape index (κ2) is 11.8. The molecule has 40 heavy (non-hydrogen) atoms. The van der Waals surface area contributed by atoms with Crippen molar-refractivity contribution in [2.24, 2.45) is 0 Å². The van der Waals surface area contributed by atoms with E-state index in [4.69, 9.17) is 5.73 Å². The van der Waals surface area contributed by atoms with Crippen LogP contribution in [0.3, 0.4) is 0 Å². The number of hydrogen-bond donors (Lipinski definition) is 4. The molecular formula is C34H53N3O3. The Morgan fingerprint density at radius 3 is 1.15 bits per heavy atom. The fourth-order valence-electron chi connectivity index (χ4n) is 4.86. The van der Waals surface area contributed by atoms with E-state index in [-0.39, 0.29) is 46.3 Å². The first-order valence-corrected chi connectivity index (χ1v) is 14.4. The van der Waals surface area contributed by atoms with Crippen molar-refractivity contribution in [1.82, 2.24) is 10.9 Å². The van der Waals surface area contributed by atoms with Crippen molar-refractivity contribution in [2.75, 3.05) is 5.73 Å². The number of amides is 2. The van der Waals surface area contributed by atoms with E-state index in [0.717, 1.165) is 39.1 Å². The molecule has 0 saturated carbocycles. The smallest absolute Gasteiger partial charge is 0.238 e. The highest BCUT2D eigenvalue weighted by Gasteiger charge is 2.27. The zero-order chi connectivity index (χ0) is 30.8. The fourth-order valence-corrected chi connectivity index (χ4v) is 4.86. The Labute approximate surface area is 242 Å². The third kappa shape index (κ3) is 8.74. The summed E-state index contributed by atoms with van der Waals surface area (Å²) >= 11 is 0. The minimum atomic E-state index is -0.256. The molecule has 2 aromatic rings. The Hall–Kier alpha value is -3.02. The van der Waals surface area contributed by atoms with Gasteiger partial charge in [-0.3, -0.25) is 20.4 Å². The lowest BCUT2D eigenvalue weighted by molar-refractivity contribution is -0.128. The summed E-state index contributed by atoms with van der Waals surface area (Å²) in [5.41, 5.74) is 17.8. The van der Waals surface area contributed by atoms with Crippen LogP contribution in [0, 0.1) is 0 Å². The van der Waals surface area contributed by atoms with Gasteiger partial charge in [0, 0.05) is 18.5 Å². The van der Waals surface area contributed by atoms with Crippen molar-refractivity contribution in [3.8, 4) is 5.75 Å². The van der Waals surface area contributed by atoms with Crippen LogP contribution in [0.4, 0.5) is 5.69 Å². The molecule has 6 heteroatoms. The van der Waals surface area contributed by atoms with E-state index in [1.54, 1.807) is 0 Å². The zero-order valence-electron chi connectivity index (χ0n) is 27.0. The molecule has 0 saturated heterocycles. The maximum atomic E-state index is 12.6. The fraction of sp³-hybridized carbons (Fsp3) is 0.588. The largest absolute Gasteiger partial charge is 0.507 e. The molecule has 0 atom stereocenters. The summed E-state index contributed by atoms with van der Waals surface area (Å²) in [6, 6.07) is 8.18. The lowest BCUT2D eigenvalue weighted by Gasteiger charge is -2.29. The van der Waals surface area contributed by atoms with Crippen LogP contribution in [0.2, 0.25) is 0 Å². The van der Waals surface area contributed by atoms with E-state index in [2.05, 4.69) is 106 Å². The van der Waals surface area contributed by atoms with E-state index in [0.29, 0.717) is 18.6 Å². The number of phenolic OH excluding ortho intramolecular Hbond substituents is 1. The van der Waals surface area contributed by atoms with E-state index < -0.39 is 0 Å². The molecule has 5 N–H and O–H groups in total. The van der Waals surface area contributed by atoms with E-state index in [1.807, 2.05) is 12.1 Å². The third-order valence-electron chi connectivity index (χ3n) is 7.26. The lowest BCUT2D eigenvalue weighted by Crippen LogP contribution is -2.41. The number of nitrogens with two attached hydrogens (primary N) is 1. The van der Waals surface area contributed by atoms with Gasteiger partial charge in [0.2, 0.25) is 11.8 Å². The number of hydrogen-bond acceptors (Lipinski definition) is 4. The third-order valence-corrected chi connectivity index (χ3v) is 7.26. The minimum absolute atomic E-state index is 0.116. The minimum Gasteiger partial charge on any atom is -0.507 e. The molecule has 0 bridgehead atoms. The van der Waals surface area contributed by atoms with Crippen LogP contribution in [-0.2, 0) is 44.1 Å². The quantitative estimate of drug-likeness (QED) is 0.232. The number of rotatable bonds is 6. The number of carbonyl (C=O) groups excluding carboxylic acids is 2. The van der Waals surface area contributed by atoms with Crippen LogP contribution in [0.1, 0.15) is 129 Å². The molecule has 0 unspecified atom stereocenters. The summed E-state index contributed by atoms with van der Waals surface area (Å²) in [7, 11) is 0. The van der Waals surface area contributed by atoms with Gasteiger partial charge in [-0.2, -0.15) is 0 Å². The first kappa shape index (κ1) is 33.2. The first-order valence-electron chi connectivity index (χ1n) is 14.4. The van der Waals surface area contributed by atoms with E-state index in [1.165, 1.54) is 0 Å². The topological polar surface area (TPSA) is 104 Å². The Bertz CT molecular complexity index is 1070. The SMILES string of the molecule is CC(C)(C)c1cc(CCC(=O)NNC(=O)CCc2cc(C(C)(C)C)c(O)c(C(C)(C)C)c2)cc(C(C)(C)C)c1N. The zero-order valence-corrected chi connectivity index (χ0v) is 27.0. The van der Waals surface area contributed by atoms with Crippen molar-refractivity contribution in [2.45, 2.75) is 130 Å². The van der Waals surface area contributed by atoms with Crippen molar-refractivity contribution < 1.29 is 14.7 Å². The van der Waals surface area contributed by atoms with Gasteiger partial charge in [-0.15, -0.1) is 0 Å². The summed E-state index contributed by atoms with van der Waals surface area (Å²) in [5.74, 6) is -0.172. The lowest BCUT2D eigenvalue weighted by atomic mass is 9.77. The van der Waals surface area contributed by atoms with Gasteiger partial charge >= 0.3 is 0 Å². The van der Waals surface area contributed by atoms with Gasteiger partial charge < -0.3 is 10.8 Å². The molecule has 0 aliphatic rings. The second-order valence-electron chi connectivity index (χ2n) is 15.2. The summed E-state index contributed by atoms with van der Waals surface area (Å²) in [6.07, 6.45) is 1.52. The Balaban J connectivity index is 2.04. The number of phenols is 1. The Kier molecular flexibility index (Phi) is 9.82. The molecule has 0 aromatic heterocycles. The van der Waals surface area contributed by atoms with E-state index >= 15 is 0 Å². The van der Waals surface area contributed by atoms with Crippen LogP contribution in [-0.4, -0.2) is 16.9 Å². The van der Waals surface area contributed by atoms with E-state index in [9.17, 15) is 14.7 Å². The number of nitrogen functional groups attached to an aromatic ring is 1. The summed E-state index contributed by atoms with van der Waals surface area (Å²) in [4.78, 5) is 25.2. The van der Waals surface area contributed by atoms with Gasteiger partial charge in [0.05, 0.1) is 0 Å². The van der Waals surface area contributed by atoms with Crippen molar-refractivity contribution in [1.29, 1.82) is 0 Å². The molecule has 6 nitrogen and oxygen atoms in total. The normalized spacial score (nSPS) is 12.8. The number of hydrazine groups is 1. The number of anilines is 1. The summed E-state index contributed by atoms with van der Waals surface area (Å²) in [6.45, 7) is 25.3. The molecule has 0 radical (unpaired) electrons. The highest BCUT2D eigenvalue weighted by Crippen LogP contribution is 2.40. The van der Waals surface area contributed by atoms with Crippen LogP contribution in [0.5, 0.6) is 5.75 Å². The molecule has 0 heterocycles. The second-order valence-corrected chi connectivity index (χ2v) is 15.2. The summed E-state index contributed by atoms with van der Waals surface area (Å²) in [5, 5.41) is 10.9. The maximum absolute atomic E-state index is 12.6. The number of nitrogens with one attached hydrogen (secondary N) is 2. The highest BCUT2D eigenvalue weighted by atomic mass is 16.3. The predicted octanol–water partition coefficient (Wildman–Crippen LogP) is 6.88. The van der Waals surface area contributed by atoms with Gasteiger partial charge in [-0.05, 0) is 67.9 Å². The molecule has 0 aliphatic heterocycles. The van der Waals surface area contributed by atoms with Gasteiger partial charge in [-0.1, -0.05) is 107 Å². The number of benzene rings is 2.